The lowest BCUT2D eigenvalue weighted by Crippen LogP contribution is -2.41. The van der Waals surface area contributed by atoms with E-state index in [1.807, 2.05) is 0 Å². The lowest BCUT2D eigenvalue weighted by Gasteiger charge is -2.29. The van der Waals surface area contributed by atoms with Crippen molar-refractivity contribution < 1.29 is 4.79 Å². The zero-order chi connectivity index (χ0) is 11.9. The summed E-state index contributed by atoms with van der Waals surface area (Å²) >= 11 is 0. The third-order valence-corrected chi connectivity index (χ3v) is 2.88. The number of amides is 1. The Hall–Kier alpha value is -0.830. The Morgan fingerprint density at radius 1 is 1.47 bits per heavy atom. The molecule has 0 aliphatic heterocycles. The number of hydrogen-bond acceptors (Lipinski definition) is 2. The quantitative estimate of drug-likeness (QED) is 0.497. The normalized spacial score (nSPS) is 11.5. The zero-order valence-corrected chi connectivity index (χ0v) is 10.4. The molecule has 0 heterocycles. The Morgan fingerprint density at radius 2 is 2.07 bits per heavy atom. The maximum Gasteiger partial charge on any atom is 0.233 e. The lowest BCUT2D eigenvalue weighted by molar-refractivity contribution is -0.120. The van der Waals surface area contributed by atoms with Crippen molar-refractivity contribution in [3.8, 4) is 0 Å². The Labute approximate surface area is 93.3 Å². The highest BCUT2D eigenvalue weighted by atomic mass is 16.1. The van der Waals surface area contributed by atoms with Crippen molar-refractivity contribution >= 4 is 5.91 Å². The maximum absolute atomic E-state index is 11.4. The smallest absolute Gasteiger partial charge is 0.233 e. The molecule has 1 amide bonds. The molecule has 0 rings (SSSR count). The van der Waals surface area contributed by atoms with Gasteiger partial charge in [0, 0.05) is 13.1 Å². The molecule has 0 fully saturated rings. The fraction of sp³-hybridized carbons (Fsp3) is 0.750. The first-order chi connectivity index (χ1) is 6.90. The molecular weight excluding hydrogens is 188 g/mol. The summed E-state index contributed by atoms with van der Waals surface area (Å²) in [6.07, 6.45) is 1.74. The fourth-order valence-corrected chi connectivity index (χ4v) is 0.881. The number of carbonyl (C=O) groups excluding carboxylic acids is 1. The van der Waals surface area contributed by atoms with Crippen molar-refractivity contribution in [2.45, 2.75) is 27.7 Å². The molecule has 0 atom stereocenters. The number of nitrogens with one attached hydrogen (secondary N) is 2. The predicted molar refractivity (Wildman–Crippen MR) is 64.7 cm³/mol. The van der Waals surface area contributed by atoms with E-state index in [0.29, 0.717) is 19.0 Å². The molecule has 0 saturated heterocycles. The van der Waals surface area contributed by atoms with Gasteiger partial charge >= 0.3 is 0 Å². The summed E-state index contributed by atoms with van der Waals surface area (Å²) < 4.78 is 0. The number of hydrogen-bond donors (Lipinski definition) is 2. The van der Waals surface area contributed by atoms with Gasteiger partial charge in [0.1, 0.15) is 0 Å². The molecule has 2 N–H and O–H groups in total. The van der Waals surface area contributed by atoms with Crippen LogP contribution in [0.25, 0.3) is 0 Å². The molecule has 0 aliphatic rings. The van der Waals surface area contributed by atoms with Crippen molar-refractivity contribution in [2.24, 2.45) is 11.3 Å². The van der Waals surface area contributed by atoms with Gasteiger partial charge in [-0.2, -0.15) is 0 Å². The molecule has 0 aromatic rings. The van der Waals surface area contributed by atoms with Gasteiger partial charge in [-0.3, -0.25) is 4.79 Å². The van der Waals surface area contributed by atoms with Crippen LogP contribution >= 0.6 is 0 Å². The van der Waals surface area contributed by atoms with Crippen molar-refractivity contribution in [1.29, 1.82) is 0 Å². The van der Waals surface area contributed by atoms with Crippen molar-refractivity contribution in [3.05, 3.63) is 12.7 Å². The maximum atomic E-state index is 11.4. The summed E-state index contributed by atoms with van der Waals surface area (Å²) in [5.74, 6) is 0.601. The first kappa shape index (κ1) is 14.2. The van der Waals surface area contributed by atoms with Crippen LogP contribution in [0.1, 0.15) is 27.7 Å². The van der Waals surface area contributed by atoms with Crippen LogP contribution in [0, 0.1) is 11.3 Å². The van der Waals surface area contributed by atoms with Crippen LogP contribution in [0.5, 0.6) is 0 Å². The molecular formula is C12H24N2O. The largest absolute Gasteiger partial charge is 0.354 e. The molecule has 88 valence electrons. The van der Waals surface area contributed by atoms with E-state index in [-0.39, 0.29) is 11.3 Å². The van der Waals surface area contributed by atoms with Gasteiger partial charge in [-0.05, 0) is 11.3 Å². The molecule has 0 unspecified atom stereocenters. The molecule has 3 heteroatoms. The molecule has 3 nitrogen and oxygen atoms in total. The highest BCUT2D eigenvalue weighted by molar-refractivity contribution is 5.78. The van der Waals surface area contributed by atoms with Gasteiger partial charge in [-0.15, -0.1) is 6.58 Å². The monoisotopic (exact) mass is 212 g/mol. The Morgan fingerprint density at radius 3 is 2.53 bits per heavy atom. The summed E-state index contributed by atoms with van der Waals surface area (Å²) in [6.45, 7) is 14.0. The molecule has 0 aromatic carbocycles. The van der Waals surface area contributed by atoms with E-state index in [4.69, 9.17) is 0 Å². The lowest BCUT2D eigenvalue weighted by atomic mass is 9.81. The summed E-state index contributed by atoms with van der Waals surface area (Å²) in [5.41, 5.74) is 0.147. The van der Waals surface area contributed by atoms with Gasteiger partial charge in [0.15, 0.2) is 0 Å². The molecule has 0 aromatic heterocycles. The van der Waals surface area contributed by atoms with Crippen LogP contribution in [-0.4, -0.2) is 25.5 Å². The molecule has 0 saturated carbocycles. The first-order valence-corrected chi connectivity index (χ1v) is 5.48. The zero-order valence-electron chi connectivity index (χ0n) is 10.4. The van der Waals surface area contributed by atoms with Crippen LogP contribution in [0.15, 0.2) is 12.7 Å². The van der Waals surface area contributed by atoms with E-state index >= 15 is 0 Å². The Kier molecular flexibility index (Phi) is 6.25. The van der Waals surface area contributed by atoms with Crippen LogP contribution in [0.2, 0.25) is 0 Å². The minimum atomic E-state index is 0.0468. The number of rotatable bonds is 7. The van der Waals surface area contributed by atoms with Gasteiger partial charge in [0.25, 0.3) is 0 Å². The van der Waals surface area contributed by atoms with E-state index in [0.717, 1.165) is 6.54 Å². The molecule has 0 spiro atoms. The SMILES string of the molecule is C=CCNCC(=O)NCC(C)(C)C(C)C. The van der Waals surface area contributed by atoms with Crippen LogP contribution < -0.4 is 10.6 Å². The number of carbonyl (C=O) groups is 1. The van der Waals surface area contributed by atoms with Gasteiger partial charge < -0.3 is 10.6 Å². The minimum absolute atomic E-state index is 0.0468. The topological polar surface area (TPSA) is 41.1 Å². The Balaban J connectivity index is 3.75. The van der Waals surface area contributed by atoms with Crippen molar-refractivity contribution in [2.75, 3.05) is 19.6 Å². The van der Waals surface area contributed by atoms with E-state index < -0.39 is 0 Å². The minimum Gasteiger partial charge on any atom is -0.354 e. The van der Waals surface area contributed by atoms with Crippen molar-refractivity contribution in [1.82, 2.24) is 10.6 Å². The van der Waals surface area contributed by atoms with Gasteiger partial charge in [-0.1, -0.05) is 33.8 Å². The first-order valence-electron chi connectivity index (χ1n) is 5.48. The highest BCUT2D eigenvalue weighted by Gasteiger charge is 2.22. The van der Waals surface area contributed by atoms with Crippen molar-refractivity contribution in [3.63, 3.8) is 0 Å². The molecule has 0 radical (unpaired) electrons. The van der Waals surface area contributed by atoms with E-state index in [2.05, 4.69) is 44.9 Å². The van der Waals surface area contributed by atoms with Crippen LogP contribution in [-0.2, 0) is 4.79 Å². The van der Waals surface area contributed by atoms with Crippen LogP contribution in [0.3, 0.4) is 0 Å². The summed E-state index contributed by atoms with van der Waals surface area (Å²) in [6, 6.07) is 0. The molecule has 15 heavy (non-hydrogen) atoms. The van der Waals surface area contributed by atoms with E-state index in [1.165, 1.54) is 0 Å². The third-order valence-electron chi connectivity index (χ3n) is 2.88. The highest BCUT2D eigenvalue weighted by Crippen LogP contribution is 2.24. The molecule has 0 aliphatic carbocycles. The van der Waals surface area contributed by atoms with Gasteiger partial charge in [0.05, 0.1) is 6.54 Å². The van der Waals surface area contributed by atoms with Crippen LogP contribution in [0.4, 0.5) is 0 Å². The average Bonchev–Trinajstić information content (AvgIpc) is 2.15. The van der Waals surface area contributed by atoms with E-state index in [9.17, 15) is 4.79 Å². The second-order valence-corrected chi connectivity index (χ2v) is 4.84. The second-order valence-electron chi connectivity index (χ2n) is 4.84. The summed E-state index contributed by atoms with van der Waals surface area (Å²) in [5, 5.41) is 5.90. The van der Waals surface area contributed by atoms with Gasteiger partial charge in [-0.25, -0.2) is 0 Å². The third kappa shape index (κ3) is 6.28. The van der Waals surface area contributed by atoms with E-state index in [1.54, 1.807) is 6.08 Å². The molecule has 0 bridgehead atoms. The average molecular weight is 212 g/mol. The predicted octanol–water partition coefficient (Wildman–Crippen LogP) is 1.56. The Bertz CT molecular complexity index is 210. The summed E-state index contributed by atoms with van der Waals surface area (Å²) in [7, 11) is 0. The summed E-state index contributed by atoms with van der Waals surface area (Å²) in [4.78, 5) is 11.4. The second kappa shape index (κ2) is 6.62. The van der Waals surface area contributed by atoms with Gasteiger partial charge in [0.2, 0.25) is 5.91 Å². The fourth-order valence-electron chi connectivity index (χ4n) is 0.881. The standard InChI is InChI=1S/C12H24N2O/c1-6-7-13-8-11(15)14-9-12(4,5)10(2)3/h6,10,13H,1,7-9H2,2-5H3,(H,14,15).